The van der Waals surface area contributed by atoms with E-state index in [9.17, 15) is 29.1 Å². The molecule has 1 aliphatic rings. The third-order valence-corrected chi connectivity index (χ3v) is 7.56. The second-order valence-electron chi connectivity index (χ2n) is 10.8. The summed E-state index contributed by atoms with van der Waals surface area (Å²) in [5.41, 5.74) is 7.38. The van der Waals surface area contributed by atoms with Crippen molar-refractivity contribution in [2.75, 3.05) is 13.2 Å². The van der Waals surface area contributed by atoms with Crippen LogP contribution in [0, 0.1) is 0 Å². The van der Waals surface area contributed by atoms with Crippen LogP contribution in [0.5, 0.6) is 0 Å². The fourth-order valence-electron chi connectivity index (χ4n) is 5.02. The number of ether oxygens (including phenoxy) is 1. The number of carboxylic acid groups (broad SMARTS) is 1. The maximum atomic E-state index is 13.5. The smallest absolute Gasteiger partial charge is 0.305 e. The summed E-state index contributed by atoms with van der Waals surface area (Å²) in [5, 5.41) is 17.6. The first-order valence-electron chi connectivity index (χ1n) is 15.0. The predicted molar refractivity (Wildman–Crippen MR) is 163 cm³/mol. The first kappa shape index (κ1) is 34.2. The normalized spacial score (nSPS) is 17.2. The number of carbonyl (C=O) groups excluding carboxylic acids is 4. The lowest BCUT2D eigenvalue weighted by atomic mass is 10.0. The number of carboxylic acids is 1. The standard InChI is InChI=1S/C32H43N5O7/c1-3-23(33)32(43)37-17-11-16-27(37)31(42)34-24(4-2)29(40)36-26(20-44-19-21-12-7-5-8-13-21)30(41)35-25(18-28(38)39)22-14-9-6-10-15-22/h5-10,12-15,23-27H,3-4,11,16-20,33H2,1-2H3,(H,34,42)(H,35,41)(H,36,40)(H,38,39)/t23-,24-,25+,26-,27-/m0/s1. The van der Waals surface area contributed by atoms with Crippen molar-refractivity contribution in [3.05, 3.63) is 71.8 Å². The molecule has 12 heteroatoms. The topological polar surface area (TPSA) is 180 Å². The Morgan fingerprint density at radius 2 is 1.55 bits per heavy atom. The Morgan fingerprint density at radius 1 is 0.909 bits per heavy atom. The third-order valence-electron chi connectivity index (χ3n) is 7.56. The number of nitrogens with two attached hydrogens (primary N) is 1. The van der Waals surface area contributed by atoms with Gasteiger partial charge in [0, 0.05) is 6.54 Å². The molecule has 2 aromatic carbocycles. The molecule has 1 saturated heterocycles. The summed E-state index contributed by atoms with van der Waals surface area (Å²) in [6.45, 7) is 3.90. The van der Waals surface area contributed by atoms with Crippen LogP contribution in [-0.2, 0) is 35.3 Å². The van der Waals surface area contributed by atoms with Crippen LogP contribution < -0.4 is 21.7 Å². The number of hydrogen-bond acceptors (Lipinski definition) is 7. The number of amides is 4. The van der Waals surface area contributed by atoms with E-state index in [1.165, 1.54) is 4.90 Å². The fraction of sp³-hybridized carbons (Fsp3) is 0.469. The van der Waals surface area contributed by atoms with Crippen LogP contribution in [0.25, 0.3) is 0 Å². The van der Waals surface area contributed by atoms with Crippen molar-refractivity contribution in [2.24, 2.45) is 5.73 Å². The van der Waals surface area contributed by atoms with Gasteiger partial charge in [-0.15, -0.1) is 0 Å². The Balaban J connectivity index is 1.73. The highest BCUT2D eigenvalue weighted by molar-refractivity contribution is 5.95. The van der Waals surface area contributed by atoms with E-state index < -0.39 is 53.9 Å². The van der Waals surface area contributed by atoms with Gasteiger partial charge in [-0.05, 0) is 36.8 Å². The molecule has 0 saturated carbocycles. The molecular formula is C32H43N5O7. The van der Waals surface area contributed by atoms with Crippen molar-refractivity contribution in [3.63, 3.8) is 0 Å². The van der Waals surface area contributed by atoms with Gasteiger partial charge in [0.2, 0.25) is 23.6 Å². The average Bonchev–Trinajstić information content (AvgIpc) is 3.53. The monoisotopic (exact) mass is 609 g/mol. The van der Waals surface area contributed by atoms with Crippen LogP contribution in [0.15, 0.2) is 60.7 Å². The summed E-state index contributed by atoms with van der Waals surface area (Å²) < 4.78 is 5.79. The Morgan fingerprint density at radius 3 is 2.16 bits per heavy atom. The van der Waals surface area contributed by atoms with E-state index in [4.69, 9.17) is 10.5 Å². The van der Waals surface area contributed by atoms with E-state index in [-0.39, 0.29) is 32.0 Å². The van der Waals surface area contributed by atoms with Gasteiger partial charge in [-0.1, -0.05) is 74.5 Å². The Hall–Kier alpha value is -4.29. The highest BCUT2D eigenvalue weighted by Crippen LogP contribution is 2.20. The van der Waals surface area contributed by atoms with Crippen LogP contribution >= 0.6 is 0 Å². The number of nitrogens with one attached hydrogen (secondary N) is 3. The predicted octanol–water partition coefficient (Wildman–Crippen LogP) is 1.64. The quantitative estimate of drug-likeness (QED) is 0.191. The highest BCUT2D eigenvalue weighted by Gasteiger charge is 2.37. The summed E-state index contributed by atoms with van der Waals surface area (Å²) in [6.07, 6.45) is 1.39. The molecule has 12 nitrogen and oxygen atoms in total. The van der Waals surface area contributed by atoms with Gasteiger partial charge in [0.15, 0.2) is 0 Å². The minimum absolute atomic E-state index is 0.178. The molecule has 5 atom stereocenters. The Bertz CT molecular complexity index is 1260. The maximum Gasteiger partial charge on any atom is 0.305 e. The van der Waals surface area contributed by atoms with Crippen molar-refractivity contribution >= 4 is 29.6 Å². The largest absolute Gasteiger partial charge is 0.481 e. The van der Waals surface area contributed by atoms with Crippen molar-refractivity contribution in [2.45, 2.75) is 82.8 Å². The minimum atomic E-state index is -1.19. The minimum Gasteiger partial charge on any atom is -0.481 e. The number of carbonyl (C=O) groups is 5. The molecule has 0 aliphatic carbocycles. The zero-order valence-corrected chi connectivity index (χ0v) is 25.2. The molecule has 44 heavy (non-hydrogen) atoms. The molecule has 1 heterocycles. The molecule has 0 bridgehead atoms. The molecule has 3 rings (SSSR count). The van der Waals surface area contributed by atoms with E-state index in [1.54, 1.807) is 44.2 Å². The number of aliphatic carboxylic acids is 1. The molecular weight excluding hydrogens is 566 g/mol. The van der Waals surface area contributed by atoms with Gasteiger partial charge in [0.1, 0.15) is 18.1 Å². The first-order valence-corrected chi connectivity index (χ1v) is 15.0. The van der Waals surface area contributed by atoms with Gasteiger partial charge in [0.05, 0.1) is 31.7 Å². The Kier molecular flexibility index (Phi) is 13.3. The fourth-order valence-corrected chi connectivity index (χ4v) is 5.02. The van der Waals surface area contributed by atoms with Crippen LogP contribution in [-0.4, -0.2) is 76.9 Å². The third kappa shape index (κ3) is 9.88. The van der Waals surface area contributed by atoms with Gasteiger partial charge in [-0.3, -0.25) is 24.0 Å². The number of nitrogens with zero attached hydrogens (tertiary/aromatic N) is 1. The summed E-state index contributed by atoms with van der Waals surface area (Å²) >= 11 is 0. The van der Waals surface area contributed by atoms with Crippen LogP contribution in [0.3, 0.4) is 0 Å². The molecule has 0 aromatic heterocycles. The van der Waals surface area contributed by atoms with Crippen LogP contribution in [0.2, 0.25) is 0 Å². The van der Waals surface area contributed by atoms with Crippen molar-refractivity contribution < 1.29 is 33.8 Å². The lowest BCUT2D eigenvalue weighted by Crippen LogP contribution is -2.58. The van der Waals surface area contributed by atoms with E-state index in [2.05, 4.69) is 16.0 Å². The summed E-state index contributed by atoms with van der Waals surface area (Å²) in [5.74, 6) is -3.12. The number of likely N-dealkylation sites (tertiary alicyclic amines) is 1. The average molecular weight is 610 g/mol. The van der Waals surface area contributed by atoms with Crippen LogP contribution in [0.4, 0.5) is 0 Å². The number of rotatable bonds is 16. The van der Waals surface area contributed by atoms with Crippen molar-refractivity contribution in [3.8, 4) is 0 Å². The van der Waals surface area contributed by atoms with Crippen molar-refractivity contribution in [1.29, 1.82) is 0 Å². The molecule has 0 radical (unpaired) electrons. The van der Waals surface area contributed by atoms with Crippen LogP contribution in [0.1, 0.15) is 63.1 Å². The molecule has 1 fully saturated rings. The molecule has 0 spiro atoms. The summed E-state index contributed by atoms with van der Waals surface area (Å²) in [4.78, 5) is 65.9. The summed E-state index contributed by atoms with van der Waals surface area (Å²) in [7, 11) is 0. The van der Waals surface area contributed by atoms with Gasteiger partial charge in [-0.2, -0.15) is 0 Å². The molecule has 1 aliphatic heterocycles. The zero-order valence-electron chi connectivity index (χ0n) is 25.2. The van der Waals surface area contributed by atoms with E-state index in [1.807, 2.05) is 30.3 Å². The lowest BCUT2D eigenvalue weighted by molar-refractivity contribution is -0.141. The second-order valence-corrected chi connectivity index (χ2v) is 10.8. The SMILES string of the molecule is CC[C@H](NC(=O)[C@@H]1CCCN1C(=O)[C@@H](N)CC)C(=O)N[C@@H](COCc1ccccc1)C(=O)N[C@H](CC(=O)O)c1ccccc1. The van der Waals surface area contributed by atoms with Gasteiger partial charge < -0.3 is 36.4 Å². The van der Waals surface area contributed by atoms with E-state index in [0.717, 1.165) is 5.56 Å². The lowest BCUT2D eigenvalue weighted by Gasteiger charge is -2.28. The van der Waals surface area contributed by atoms with Gasteiger partial charge in [-0.25, -0.2) is 0 Å². The van der Waals surface area contributed by atoms with Gasteiger partial charge in [0.25, 0.3) is 0 Å². The number of hydrogen-bond donors (Lipinski definition) is 5. The van der Waals surface area contributed by atoms with Gasteiger partial charge >= 0.3 is 5.97 Å². The van der Waals surface area contributed by atoms with E-state index in [0.29, 0.717) is 31.4 Å². The number of benzene rings is 2. The maximum absolute atomic E-state index is 13.5. The highest BCUT2D eigenvalue weighted by atomic mass is 16.5. The van der Waals surface area contributed by atoms with Crippen molar-refractivity contribution in [1.82, 2.24) is 20.9 Å². The molecule has 6 N–H and O–H groups in total. The molecule has 0 unspecified atom stereocenters. The molecule has 238 valence electrons. The van der Waals surface area contributed by atoms with E-state index >= 15 is 0 Å². The second kappa shape index (κ2) is 17.1. The summed E-state index contributed by atoms with van der Waals surface area (Å²) in [6, 6.07) is 13.5. The molecule has 2 aromatic rings. The Labute approximate surface area is 257 Å². The zero-order chi connectivity index (χ0) is 32.1. The molecule has 4 amide bonds. The first-order chi connectivity index (χ1) is 21.1.